The summed E-state index contributed by atoms with van der Waals surface area (Å²) in [6.45, 7) is 6.84. The van der Waals surface area contributed by atoms with Crippen molar-refractivity contribution in [2.75, 3.05) is 47.0 Å². The van der Waals surface area contributed by atoms with Crippen molar-refractivity contribution in [2.24, 2.45) is 0 Å². The molecule has 1 N–H and O–H groups in total. The number of hydrogen-bond acceptors (Lipinski definition) is 7. The van der Waals surface area contributed by atoms with Gasteiger partial charge in [-0.1, -0.05) is 0 Å². The number of esters is 1. The van der Waals surface area contributed by atoms with E-state index >= 15 is 0 Å². The molecule has 1 saturated heterocycles. The Kier molecular flexibility index (Phi) is 9.17. The lowest BCUT2D eigenvalue weighted by Gasteiger charge is -2.30. The summed E-state index contributed by atoms with van der Waals surface area (Å²) in [5.41, 5.74) is -0.738. The lowest BCUT2D eigenvalue weighted by molar-refractivity contribution is -0.144. The predicted octanol–water partition coefficient (Wildman–Crippen LogP) is 0.150. The average Bonchev–Trinajstić information content (AvgIpc) is 2.63. The molecule has 1 fully saturated rings. The van der Waals surface area contributed by atoms with Crippen molar-refractivity contribution in [1.82, 2.24) is 15.1 Å². The summed E-state index contributed by atoms with van der Waals surface area (Å²) in [6.07, 6.45) is -0.807. The number of carbonyl (C=O) groups excluding carboxylic acids is 4. The summed E-state index contributed by atoms with van der Waals surface area (Å²) in [5, 5.41) is 2.48. The molecule has 1 atom stereocenters. The topological polar surface area (TPSA) is 114 Å². The number of methoxy groups -OCH3 is 1. The number of nitrogens with one attached hydrogen (secondary N) is 1. The van der Waals surface area contributed by atoms with Gasteiger partial charge in [0.2, 0.25) is 11.8 Å². The van der Waals surface area contributed by atoms with E-state index in [-0.39, 0.29) is 25.3 Å². The molecule has 1 heterocycles. The van der Waals surface area contributed by atoms with Crippen molar-refractivity contribution in [3.8, 4) is 0 Å². The quantitative estimate of drug-likeness (QED) is 0.604. The van der Waals surface area contributed by atoms with Gasteiger partial charge in [0.25, 0.3) is 0 Å². The van der Waals surface area contributed by atoms with Gasteiger partial charge in [0.1, 0.15) is 11.6 Å². The summed E-state index contributed by atoms with van der Waals surface area (Å²) in [4.78, 5) is 51.5. The molecule has 1 aliphatic heterocycles. The molecule has 1 rings (SSSR count). The SMILES string of the molecule is COC(=O)CC[C@@H](NC(=O)OC(C)(C)C)C(=O)N(C)CC(=O)N1CCOCC1. The van der Waals surface area contributed by atoms with E-state index in [1.54, 1.807) is 25.7 Å². The van der Waals surface area contributed by atoms with Crippen LogP contribution in [-0.2, 0) is 28.6 Å². The zero-order chi connectivity index (χ0) is 21.3. The molecule has 160 valence electrons. The van der Waals surface area contributed by atoms with Crippen molar-refractivity contribution in [1.29, 1.82) is 0 Å². The minimum atomic E-state index is -1.02. The highest BCUT2D eigenvalue weighted by atomic mass is 16.6. The van der Waals surface area contributed by atoms with E-state index in [1.807, 2.05) is 0 Å². The van der Waals surface area contributed by atoms with Crippen LogP contribution in [0.25, 0.3) is 0 Å². The van der Waals surface area contributed by atoms with Crippen LogP contribution in [0.4, 0.5) is 4.79 Å². The summed E-state index contributed by atoms with van der Waals surface area (Å²) < 4.78 is 15.0. The summed E-state index contributed by atoms with van der Waals surface area (Å²) in [6, 6.07) is -1.02. The van der Waals surface area contributed by atoms with Crippen LogP contribution in [0.15, 0.2) is 0 Å². The van der Waals surface area contributed by atoms with Gasteiger partial charge in [0.15, 0.2) is 0 Å². The number of rotatable bonds is 7. The van der Waals surface area contributed by atoms with Crippen LogP contribution in [0, 0.1) is 0 Å². The highest BCUT2D eigenvalue weighted by Gasteiger charge is 2.29. The van der Waals surface area contributed by atoms with Crippen LogP contribution in [0.2, 0.25) is 0 Å². The van der Waals surface area contributed by atoms with Crippen molar-refractivity contribution in [3.63, 3.8) is 0 Å². The van der Waals surface area contributed by atoms with Gasteiger partial charge in [-0.2, -0.15) is 0 Å². The number of nitrogens with zero attached hydrogens (tertiary/aromatic N) is 2. The number of likely N-dealkylation sites (N-methyl/N-ethyl adjacent to an activating group) is 1. The maximum atomic E-state index is 12.8. The van der Waals surface area contributed by atoms with Gasteiger partial charge in [-0.3, -0.25) is 14.4 Å². The van der Waals surface area contributed by atoms with Crippen LogP contribution in [-0.4, -0.2) is 92.3 Å². The Labute approximate surface area is 165 Å². The Bertz CT molecular complexity index is 568. The monoisotopic (exact) mass is 401 g/mol. The number of ether oxygens (including phenoxy) is 3. The minimum Gasteiger partial charge on any atom is -0.469 e. The van der Waals surface area contributed by atoms with E-state index in [0.717, 1.165) is 0 Å². The lowest BCUT2D eigenvalue weighted by atomic mass is 10.1. The second-order valence-corrected chi connectivity index (χ2v) is 7.50. The molecule has 0 bridgehead atoms. The molecule has 0 unspecified atom stereocenters. The number of alkyl carbamates (subject to hydrolysis) is 1. The maximum Gasteiger partial charge on any atom is 0.408 e. The number of hydrogen-bond donors (Lipinski definition) is 1. The first-order valence-electron chi connectivity index (χ1n) is 9.20. The third-order valence-electron chi connectivity index (χ3n) is 3.97. The fourth-order valence-corrected chi connectivity index (χ4v) is 2.53. The van der Waals surface area contributed by atoms with Gasteiger partial charge in [0, 0.05) is 26.6 Å². The van der Waals surface area contributed by atoms with Crippen LogP contribution >= 0.6 is 0 Å². The first kappa shape index (κ1) is 23.7. The Morgan fingerprint density at radius 3 is 2.32 bits per heavy atom. The highest BCUT2D eigenvalue weighted by molar-refractivity contribution is 5.89. The zero-order valence-electron chi connectivity index (χ0n) is 17.3. The second-order valence-electron chi connectivity index (χ2n) is 7.50. The molecule has 28 heavy (non-hydrogen) atoms. The number of morpholine rings is 1. The van der Waals surface area contributed by atoms with Gasteiger partial charge in [0.05, 0.1) is 26.9 Å². The van der Waals surface area contributed by atoms with E-state index in [9.17, 15) is 19.2 Å². The van der Waals surface area contributed by atoms with Gasteiger partial charge >= 0.3 is 12.1 Å². The summed E-state index contributed by atoms with van der Waals surface area (Å²) >= 11 is 0. The Hall–Kier alpha value is -2.36. The van der Waals surface area contributed by atoms with E-state index in [2.05, 4.69) is 10.1 Å². The fraction of sp³-hybridized carbons (Fsp3) is 0.778. The smallest absolute Gasteiger partial charge is 0.408 e. The molecule has 1 aliphatic rings. The third-order valence-corrected chi connectivity index (χ3v) is 3.97. The van der Waals surface area contributed by atoms with Gasteiger partial charge < -0.3 is 29.3 Å². The molecule has 0 aromatic rings. The molecule has 3 amide bonds. The molecule has 0 spiro atoms. The predicted molar refractivity (Wildman–Crippen MR) is 99.4 cm³/mol. The fourth-order valence-electron chi connectivity index (χ4n) is 2.53. The first-order chi connectivity index (χ1) is 13.0. The largest absolute Gasteiger partial charge is 0.469 e. The molecular weight excluding hydrogens is 370 g/mol. The van der Waals surface area contributed by atoms with Crippen molar-refractivity contribution < 1.29 is 33.4 Å². The molecule has 0 aromatic carbocycles. The summed E-state index contributed by atoms with van der Waals surface area (Å²) in [5.74, 6) is -1.20. The maximum absolute atomic E-state index is 12.8. The Morgan fingerprint density at radius 2 is 1.79 bits per heavy atom. The Morgan fingerprint density at radius 1 is 1.18 bits per heavy atom. The van der Waals surface area contributed by atoms with Crippen molar-refractivity contribution in [3.05, 3.63) is 0 Å². The van der Waals surface area contributed by atoms with Crippen LogP contribution in [0.1, 0.15) is 33.6 Å². The molecule has 10 heteroatoms. The number of amides is 3. The van der Waals surface area contributed by atoms with E-state index in [1.165, 1.54) is 19.1 Å². The molecule has 0 aliphatic carbocycles. The van der Waals surface area contributed by atoms with Gasteiger partial charge in [-0.25, -0.2) is 4.79 Å². The molecule has 0 aromatic heterocycles. The van der Waals surface area contributed by atoms with Crippen LogP contribution in [0.5, 0.6) is 0 Å². The standard InChI is InChI=1S/C18H31N3O7/c1-18(2,3)28-17(25)19-13(6-7-15(23)26-5)16(24)20(4)12-14(22)21-8-10-27-11-9-21/h13H,6-12H2,1-5H3,(H,19,25)/t13-/m1/s1. The van der Waals surface area contributed by atoms with E-state index in [4.69, 9.17) is 9.47 Å². The summed E-state index contributed by atoms with van der Waals surface area (Å²) in [7, 11) is 2.72. The zero-order valence-corrected chi connectivity index (χ0v) is 17.3. The minimum absolute atomic E-state index is 0.0286. The van der Waals surface area contributed by atoms with Gasteiger partial charge in [-0.05, 0) is 27.2 Å². The van der Waals surface area contributed by atoms with Crippen molar-refractivity contribution in [2.45, 2.75) is 45.3 Å². The third kappa shape index (κ3) is 8.55. The first-order valence-corrected chi connectivity index (χ1v) is 9.20. The molecular formula is C18H31N3O7. The van der Waals surface area contributed by atoms with Crippen LogP contribution in [0.3, 0.4) is 0 Å². The number of carbonyl (C=O) groups is 4. The lowest BCUT2D eigenvalue weighted by Crippen LogP contribution is -2.52. The second kappa shape index (κ2) is 10.8. The molecule has 10 nitrogen and oxygen atoms in total. The van der Waals surface area contributed by atoms with Crippen molar-refractivity contribution >= 4 is 23.9 Å². The normalized spacial score (nSPS) is 15.4. The highest BCUT2D eigenvalue weighted by Crippen LogP contribution is 2.09. The van der Waals surface area contributed by atoms with E-state index in [0.29, 0.717) is 26.3 Å². The molecule has 0 saturated carbocycles. The van der Waals surface area contributed by atoms with E-state index < -0.39 is 29.6 Å². The van der Waals surface area contributed by atoms with Crippen LogP contribution < -0.4 is 5.32 Å². The molecule has 0 radical (unpaired) electrons. The average molecular weight is 401 g/mol. The Balaban J connectivity index is 2.73. The van der Waals surface area contributed by atoms with Gasteiger partial charge in [-0.15, -0.1) is 0 Å².